The summed E-state index contributed by atoms with van der Waals surface area (Å²) >= 11 is 0. The SMILES string of the molecule is Cc1n[nH]c(C)c1C(=O)N1CC(Cn2nc(-c3ccncc3)ccc2=O)C1. The van der Waals surface area contributed by atoms with Gasteiger partial charge in [-0.3, -0.25) is 19.7 Å². The number of rotatable bonds is 4. The Bertz CT molecular complexity index is 1010. The number of carbonyl (C=O) groups is 1. The van der Waals surface area contributed by atoms with Crippen LogP contribution < -0.4 is 5.56 Å². The Balaban J connectivity index is 1.44. The van der Waals surface area contributed by atoms with Gasteiger partial charge in [-0.25, -0.2) is 4.68 Å². The van der Waals surface area contributed by atoms with E-state index in [9.17, 15) is 9.59 Å². The van der Waals surface area contributed by atoms with Crippen molar-refractivity contribution >= 4 is 5.91 Å². The van der Waals surface area contributed by atoms with Crippen LogP contribution in [-0.4, -0.2) is 48.9 Å². The summed E-state index contributed by atoms with van der Waals surface area (Å²) in [6.07, 6.45) is 3.39. The van der Waals surface area contributed by atoms with E-state index in [0.717, 1.165) is 17.0 Å². The summed E-state index contributed by atoms with van der Waals surface area (Å²) in [6.45, 7) is 5.37. The van der Waals surface area contributed by atoms with E-state index < -0.39 is 0 Å². The maximum absolute atomic E-state index is 12.6. The van der Waals surface area contributed by atoms with Gasteiger partial charge in [0.15, 0.2) is 0 Å². The lowest BCUT2D eigenvalue weighted by Gasteiger charge is -2.39. The number of nitrogens with one attached hydrogen (secondary N) is 1. The van der Waals surface area contributed by atoms with E-state index in [-0.39, 0.29) is 17.4 Å². The van der Waals surface area contributed by atoms with Gasteiger partial charge in [-0.2, -0.15) is 10.2 Å². The summed E-state index contributed by atoms with van der Waals surface area (Å²) in [5, 5.41) is 11.4. The summed E-state index contributed by atoms with van der Waals surface area (Å²) in [6, 6.07) is 6.96. The minimum atomic E-state index is -0.140. The zero-order valence-electron chi connectivity index (χ0n) is 15.2. The van der Waals surface area contributed by atoms with E-state index in [4.69, 9.17) is 0 Å². The highest BCUT2D eigenvalue weighted by Gasteiger charge is 2.33. The van der Waals surface area contributed by atoms with Gasteiger partial charge in [-0.05, 0) is 32.0 Å². The number of aromatic amines is 1. The predicted octanol–water partition coefficient (Wildman–Crippen LogP) is 1.42. The first kappa shape index (κ1) is 17.1. The molecule has 0 spiro atoms. The van der Waals surface area contributed by atoms with Gasteiger partial charge < -0.3 is 4.90 Å². The minimum absolute atomic E-state index is 0.0131. The summed E-state index contributed by atoms with van der Waals surface area (Å²) in [5.41, 5.74) is 3.64. The molecular formula is C19H20N6O2. The molecule has 3 aromatic heterocycles. The van der Waals surface area contributed by atoms with E-state index in [1.807, 2.05) is 26.0 Å². The fourth-order valence-electron chi connectivity index (χ4n) is 3.38. The number of likely N-dealkylation sites (tertiary alicyclic amines) is 1. The number of carbonyl (C=O) groups excluding carboxylic acids is 1. The van der Waals surface area contributed by atoms with E-state index in [1.165, 1.54) is 10.7 Å². The van der Waals surface area contributed by atoms with Crippen LogP contribution in [0.2, 0.25) is 0 Å². The van der Waals surface area contributed by atoms with Gasteiger partial charge in [-0.15, -0.1) is 0 Å². The lowest BCUT2D eigenvalue weighted by atomic mass is 9.98. The molecule has 27 heavy (non-hydrogen) atoms. The van der Waals surface area contributed by atoms with Crippen molar-refractivity contribution < 1.29 is 4.79 Å². The molecule has 0 aromatic carbocycles. The zero-order chi connectivity index (χ0) is 19.0. The molecule has 1 aliphatic heterocycles. The molecule has 0 saturated carbocycles. The summed E-state index contributed by atoms with van der Waals surface area (Å²) in [7, 11) is 0. The van der Waals surface area contributed by atoms with E-state index in [2.05, 4.69) is 20.3 Å². The first-order valence-electron chi connectivity index (χ1n) is 8.82. The van der Waals surface area contributed by atoms with Crippen molar-refractivity contribution in [3.8, 4) is 11.3 Å². The second-order valence-electron chi connectivity index (χ2n) is 6.86. The molecule has 138 valence electrons. The molecular weight excluding hydrogens is 344 g/mol. The average Bonchev–Trinajstić information content (AvgIpc) is 2.98. The molecule has 0 unspecified atom stereocenters. The largest absolute Gasteiger partial charge is 0.338 e. The number of hydrogen-bond donors (Lipinski definition) is 1. The summed E-state index contributed by atoms with van der Waals surface area (Å²) in [5.74, 6) is 0.195. The highest BCUT2D eigenvalue weighted by molar-refractivity contribution is 5.96. The molecule has 0 radical (unpaired) electrons. The molecule has 4 rings (SSSR count). The van der Waals surface area contributed by atoms with Crippen LogP contribution in [0.1, 0.15) is 21.7 Å². The smallest absolute Gasteiger partial charge is 0.266 e. The average molecular weight is 364 g/mol. The Morgan fingerprint density at radius 3 is 2.59 bits per heavy atom. The Morgan fingerprint density at radius 1 is 1.19 bits per heavy atom. The second-order valence-corrected chi connectivity index (χ2v) is 6.86. The molecule has 8 heteroatoms. The van der Waals surface area contributed by atoms with Crippen LogP contribution >= 0.6 is 0 Å². The molecule has 1 saturated heterocycles. The van der Waals surface area contributed by atoms with E-state index in [0.29, 0.717) is 30.9 Å². The van der Waals surface area contributed by atoms with Gasteiger partial charge in [0.25, 0.3) is 11.5 Å². The second kappa shape index (κ2) is 6.79. The molecule has 1 amide bonds. The molecule has 3 aromatic rings. The first-order valence-corrected chi connectivity index (χ1v) is 8.82. The molecule has 0 aliphatic carbocycles. The number of hydrogen-bond acceptors (Lipinski definition) is 5. The van der Waals surface area contributed by atoms with Crippen molar-refractivity contribution in [2.24, 2.45) is 5.92 Å². The lowest BCUT2D eigenvalue weighted by molar-refractivity contribution is 0.0457. The predicted molar refractivity (Wildman–Crippen MR) is 99.2 cm³/mol. The summed E-state index contributed by atoms with van der Waals surface area (Å²) < 4.78 is 1.48. The van der Waals surface area contributed by atoms with Crippen molar-refractivity contribution in [3.63, 3.8) is 0 Å². The van der Waals surface area contributed by atoms with Gasteiger partial charge >= 0.3 is 0 Å². The Labute approximate surface area is 155 Å². The lowest BCUT2D eigenvalue weighted by Crippen LogP contribution is -2.52. The topological polar surface area (TPSA) is 96.8 Å². The van der Waals surface area contributed by atoms with Gasteiger partial charge in [0.05, 0.1) is 23.5 Å². The maximum atomic E-state index is 12.6. The molecule has 1 aliphatic rings. The number of amides is 1. The number of H-pyrrole nitrogens is 1. The van der Waals surface area contributed by atoms with Crippen molar-refractivity contribution in [1.82, 2.24) is 29.9 Å². The molecule has 8 nitrogen and oxygen atoms in total. The third-order valence-electron chi connectivity index (χ3n) is 4.86. The van der Waals surface area contributed by atoms with Gasteiger partial charge in [0.1, 0.15) is 0 Å². The monoisotopic (exact) mass is 364 g/mol. The van der Waals surface area contributed by atoms with Crippen LogP contribution in [-0.2, 0) is 6.54 Å². The van der Waals surface area contributed by atoms with Crippen molar-refractivity contribution in [2.45, 2.75) is 20.4 Å². The first-order chi connectivity index (χ1) is 13.0. The number of nitrogens with zero attached hydrogens (tertiary/aromatic N) is 5. The molecule has 1 fully saturated rings. The highest BCUT2D eigenvalue weighted by Crippen LogP contribution is 2.22. The van der Waals surface area contributed by atoms with Crippen LogP contribution in [0.25, 0.3) is 11.3 Å². The highest BCUT2D eigenvalue weighted by atomic mass is 16.2. The molecule has 0 bridgehead atoms. The van der Waals surface area contributed by atoms with Gasteiger partial charge in [0, 0.05) is 48.7 Å². The fourth-order valence-corrected chi connectivity index (χ4v) is 3.38. The van der Waals surface area contributed by atoms with Crippen LogP contribution in [0.5, 0.6) is 0 Å². The zero-order valence-corrected chi connectivity index (χ0v) is 15.2. The number of aryl methyl sites for hydroxylation is 2. The Hall–Kier alpha value is -3.29. The molecule has 0 atom stereocenters. The van der Waals surface area contributed by atoms with Crippen LogP contribution in [0.3, 0.4) is 0 Å². The fraction of sp³-hybridized carbons (Fsp3) is 0.316. The van der Waals surface area contributed by atoms with E-state index >= 15 is 0 Å². The van der Waals surface area contributed by atoms with Gasteiger partial charge in [-0.1, -0.05) is 0 Å². The Kier molecular flexibility index (Phi) is 4.31. The van der Waals surface area contributed by atoms with Crippen LogP contribution in [0.4, 0.5) is 0 Å². The van der Waals surface area contributed by atoms with E-state index in [1.54, 1.807) is 23.4 Å². The van der Waals surface area contributed by atoms with Gasteiger partial charge in [0.2, 0.25) is 0 Å². The van der Waals surface area contributed by atoms with Crippen LogP contribution in [0.15, 0.2) is 41.5 Å². The number of pyridine rings is 1. The minimum Gasteiger partial charge on any atom is -0.338 e. The summed E-state index contributed by atoms with van der Waals surface area (Å²) in [4.78, 5) is 30.6. The van der Waals surface area contributed by atoms with Crippen molar-refractivity contribution in [2.75, 3.05) is 13.1 Å². The standard InChI is InChI=1S/C19H20N6O2/c1-12-18(13(2)22-21-12)19(27)24-9-14(10-24)11-25-17(26)4-3-16(23-25)15-5-7-20-8-6-15/h3-8,14H,9-11H2,1-2H3,(H,21,22). The normalized spacial score (nSPS) is 14.2. The van der Waals surface area contributed by atoms with Crippen LogP contribution in [0, 0.1) is 19.8 Å². The number of aromatic nitrogens is 5. The quantitative estimate of drug-likeness (QED) is 0.755. The molecule has 1 N–H and O–H groups in total. The Morgan fingerprint density at radius 2 is 1.93 bits per heavy atom. The maximum Gasteiger partial charge on any atom is 0.266 e. The molecule has 4 heterocycles. The third kappa shape index (κ3) is 3.25. The van der Waals surface area contributed by atoms with Crippen molar-refractivity contribution in [1.29, 1.82) is 0 Å². The third-order valence-corrected chi connectivity index (χ3v) is 4.86. The van der Waals surface area contributed by atoms with Crippen molar-refractivity contribution in [3.05, 3.63) is 64.0 Å².